The monoisotopic (exact) mass is 212 g/mol. The van der Waals surface area contributed by atoms with Gasteiger partial charge in [-0.05, 0) is 20.8 Å². The summed E-state index contributed by atoms with van der Waals surface area (Å²) in [5.41, 5.74) is 0. The number of carbonyl (C=O) groups excluding carboxylic acids is 1. The van der Waals surface area contributed by atoms with Crippen LogP contribution in [-0.4, -0.2) is 28.6 Å². The van der Waals surface area contributed by atoms with Crippen molar-refractivity contribution in [2.45, 2.75) is 33.4 Å². The summed E-state index contributed by atoms with van der Waals surface area (Å²) in [6, 6.07) is -0.267. The van der Waals surface area contributed by atoms with Crippen LogP contribution in [0.5, 0.6) is 0 Å². The van der Waals surface area contributed by atoms with Gasteiger partial charge in [-0.2, -0.15) is 4.98 Å². The Hall–Kier alpha value is -1.43. The Kier molecular flexibility index (Phi) is 4.23. The second kappa shape index (κ2) is 5.45. The number of likely N-dealkylation sites (N-methyl/N-ethyl adjacent to an activating group) is 1. The number of hydrogen-bond acceptors (Lipinski definition) is 5. The number of carbonyl (C=O) groups is 1. The van der Waals surface area contributed by atoms with Gasteiger partial charge in [-0.1, -0.05) is 5.16 Å². The summed E-state index contributed by atoms with van der Waals surface area (Å²) in [5, 5.41) is 9.36. The normalized spacial score (nSPS) is 12.5. The summed E-state index contributed by atoms with van der Waals surface area (Å²) in [5.74, 6) is 1.05. The van der Waals surface area contributed by atoms with E-state index in [4.69, 9.17) is 4.52 Å². The van der Waals surface area contributed by atoms with Crippen LogP contribution in [0.1, 0.15) is 25.6 Å². The third-order valence-electron chi connectivity index (χ3n) is 1.87. The molecule has 0 saturated carbocycles. The Morgan fingerprint density at radius 2 is 2.33 bits per heavy atom. The third kappa shape index (κ3) is 3.67. The molecule has 0 fully saturated rings. The van der Waals surface area contributed by atoms with Gasteiger partial charge < -0.3 is 9.84 Å². The van der Waals surface area contributed by atoms with Gasteiger partial charge in [0.1, 0.15) is 0 Å². The maximum Gasteiger partial charge on any atom is 0.240 e. The summed E-state index contributed by atoms with van der Waals surface area (Å²) in [4.78, 5) is 15.3. The number of aryl methyl sites for hydroxylation is 1. The van der Waals surface area contributed by atoms with Crippen molar-refractivity contribution in [3.8, 4) is 0 Å². The molecule has 6 nitrogen and oxygen atoms in total. The molecule has 0 radical (unpaired) electrons. The van der Waals surface area contributed by atoms with E-state index in [0.29, 0.717) is 24.8 Å². The smallest absolute Gasteiger partial charge is 0.240 e. The second-order valence-electron chi connectivity index (χ2n) is 3.23. The molecule has 15 heavy (non-hydrogen) atoms. The molecule has 0 aliphatic heterocycles. The van der Waals surface area contributed by atoms with E-state index in [1.807, 2.05) is 6.92 Å². The Morgan fingerprint density at radius 3 is 2.87 bits per heavy atom. The Labute approximate surface area is 88.4 Å². The van der Waals surface area contributed by atoms with Crippen LogP contribution < -0.4 is 10.6 Å². The zero-order valence-corrected chi connectivity index (χ0v) is 9.20. The van der Waals surface area contributed by atoms with E-state index in [1.54, 1.807) is 13.8 Å². The lowest BCUT2D eigenvalue weighted by Crippen LogP contribution is -2.41. The molecule has 1 heterocycles. The SMILES string of the molecule is CCNC(=O)C(C)NCc1nc(C)no1. The lowest BCUT2D eigenvalue weighted by molar-refractivity contribution is -0.122. The van der Waals surface area contributed by atoms with Crippen molar-refractivity contribution in [2.75, 3.05) is 6.54 Å². The standard InChI is InChI=1S/C9H16N4O2/c1-4-10-9(14)6(2)11-5-8-12-7(3)13-15-8/h6,11H,4-5H2,1-3H3,(H,10,14). The summed E-state index contributed by atoms with van der Waals surface area (Å²) in [6.07, 6.45) is 0. The molecule has 0 aromatic carbocycles. The molecule has 1 aromatic rings. The molecule has 6 heteroatoms. The molecule has 84 valence electrons. The Balaban J connectivity index is 2.33. The van der Waals surface area contributed by atoms with Crippen LogP contribution in [0.25, 0.3) is 0 Å². The fraction of sp³-hybridized carbons (Fsp3) is 0.667. The molecule has 1 aromatic heterocycles. The van der Waals surface area contributed by atoms with Gasteiger partial charge in [0.2, 0.25) is 11.8 Å². The van der Waals surface area contributed by atoms with Gasteiger partial charge in [0.25, 0.3) is 0 Å². The maximum absolute atomic E-state index is 11.3. The average molecular weight is 212 g/mol. The van der Waals surface area contributed by atoms with Crippen molar-refractivity contribution in [3.63, 3.8) is 0 Å². The highest BCUT2D eigenvalue weighted by molar-refractivity contribution is 5.81. The molecule has 0 aliphatic carbocycles. The minimum absolute atomic E-state index is 0.0336. The highest BCUT2D eigenvalue weighted by Crippen LogP contribution is 1.95. The topological polar surface area (TPSA) is 80.0 Å². The van der Waals surface area contributed by atoms with Crippen molar-refractivity contribution in [2.24, 2.45) is 0 Å². The predicted octanol–water partition coefficient (Wildman–Crippen LogP) is -0.00778. The van der Waals surface area contributed by atoms with Gasteiger partial charge in [-0.3, -0.25) is 10.1 Å². The minimum atomic E-state index is -0.267. The number of nitrogens with zero attached hydrogens (tertiary/aromatic N) is 2. The number of hydrogen-bond donors (Lipinski definition) is 2. The quantitative estimate of drug-likeness (QED) is 0.717. The number of nitrogens with one attached hydrogen (secondary N) is 2. The molecule has 1 unspecified atom stereocenters. The highest BCUT2D eigenvalue weighted by atomic mass is 16.5. The lowest BCUT2D eigenvalue weighted by atomic mass is 10.3. The number of rotatable bonds is 5. The largest absolute Gasteiger partial charge is 0.355 e. The van der Waals surface area contributed by atoms with Gasteiger partial charge in [-0.25, -0.2) is 0 Å². The van der Waals surface area contributed by atoms with E-state index < -0.39 is 0 Å². The number of aromatic nitrogens is 2. The van der Waals surface area contributed by atoms with Crippen molar-refractivity contribution in [3.05, 3.63) is 11.7 Å². The number of amides is 1. The first-order valence-electron chi connectivity index (χ1n) is 4.93. The Morgan fingerprint density at radius 1 is 1.60 bits per heavy atom. The van der Waals surface area contributed by atoms with Crippen molar-refractivity contribution >= 4 is 5.91 Å². The van der Waals surface area contributed by atoms with E-state index >= 15 is 0 Å². The Bertz CT molecular complexity index is 324. The van der Waals surface area contributed by atoms with Crippen LogP contribution in [0.3, 0.4) is 0 Å². The fourth-order valence-electron chi connectivity index (χ4n) is 1.07. The maximum atomic E-state index is 11.3. The zero-order valence-electron chi connectivity index (χ0n) is 9.20. The van der Waals surface area contributed by atoms with Gasteiger partial charge >= 0.3 is 0 Å². The van der Waals surface area contributed by atoms with Gasteiger partial charge in [0, 0.05) is 6.54 Å². The minimum Gasteiger partial charge on any atom is -0.355 e. The van der Waals surface area contributed by atoms with Crippen LogP contribution in [0.4, 0.5) is 0 Å². The highest BCUT2D eigenvalue weighted by Gasteiger charge is 2.12. The van der Waals surface area contributed by atoms with E-state index in [0.717, 1.165) is 0 Å². The molecule has 0 bridgehead atoms. The molecule has 0 aliphatic rings. The summed E-state index contributed by atoms with van der Waals surface area (Å²) in [6.45, 7) is 6.45. The van der Waals surface area contributed by atoms with E-state index in [-0.39, 0.29) is 11.9 Å². The average Bonchev–Trinajstić information content (AvgIpc) is 2.61. The first-order chi connectivity index (χ1) is 7.13. The third-order valence-corrected chi connectivity index (χ3v) is 1.87. The van der Waals surface area contributed by atoms with Crippen molar-refractivity contribution < 1.29 is 9.32 Å². The van der Waals surface area contributed by atoms with Gasteiger partial charge in [0.15, 0.2) is 5.82 Å². The first kappa shape index (κ1) is 11.6. The molecule has 1 atom stereocenters. The molecular weight excluding hydrogens is 196 g/mol. The van der Waals surface area contributed by atoms with Crippen LogP contribution in [0.2, 0.25) is 0 Å². The van der Waals surface area contributed by atoms with E-state index in [2.05, 4.69) is 20.8 Å². The molecule has 0 spiro atoms. The fourth-order valence-corrected chi connectivity index (χ4v) is 1.07. The van der Waals surface area contributed by atoms with Crippen LogP contribution in [-0.2, 0) is 11.3 Å². The van der Waals surface area contributed by atoms with Crippen LogP contribution in [0, 0.1) is 6.92 Å². The zero-order chi connectivity index (χ0) is 11.3. The second-order valence-corrected chi connectivity index (χ2v) is 3.23. The molecule has 2 N–H and O–H groups in total. The van der Waals surface area contributed by atoms with E-state index in [9.17, 15) is 4.79 Å². The first-order valence-corrected chi connectivity index (χ1v) is 4.93. The molecule has 0 saturated heterocycles. The molecule has 1 rings (SSSR count). The lowest BCUT2D eigenvalue weighted by Gasteiger charge is -2.11. The van der Waals surface area contributed by atoms with Crippen molar-refractivity contribution in [1.29, 1.82) is 0 Å². The van der Waals surface area contributed by atoms with Crippen LogP contribution >= 0.6 is 0 Å². The van der Waals surface area contributed by atoms with Gasteiger partial charge in [-0.15, -0.1) is 0 Å². The molecule has 1 amide bonds. The molecular formula is C9H16N4O2. The summed E-state index contributed by atoms with van der Waals surface area (Å²) < 4.78 is 4.90. The van der Waals surface area contributed by atoms with Crippen LogP contribution in [0.15, 0.2) is 4.52 Å². The van der Waals surface area contributed by atoms with Gasteiger partial charge in [0.05, 0.1) is 12.6 Å². The summed E-state index contributed by atoms with van der Waals surface area (Å²) in [7, 11) is 0. The van der Waals surface area contributed by atoms with Crippen molar-refractivity contribution in [1.82, 2.24) is 20.8 Å². The predicted molar refractivity (Wildman–Crippen MR) is 54.0 cm³/mol. The van der Waals surface area contributed by atoms with E-state index in [1.165, 1.54) is 0 Å². The summed E-state index contributed by atoms with van der Waals surface area (Å²) >= 11 is 0.